The van der Waals surface area contributed by atoms with Crippen LogP contribution in [0.2, 0.25) is 0 Å². The zero-order valence-corrected chi connectivity index (χ0v) is 7.92. The standard InChI is InChI=1S/C14H7F/c15-13-7-3-5-11-9-8-10-4-1-2-6-12(10)14(11)13/h2,4-9H. The molecule has 3 rings (SSSR count). The first kappa shape index (κ1) is 8.42. The van der Waals surface area contributed by atoms with E-state index in [4.69, 9.17) is 0 Å². The van der Waals surface area contributed by atoms with Crippen molar-refractivity contribution in [3.8, 4) is 0 Å². The lowest BCUT2D eigenvalue weighted by molar-refractivity contribution is 0.640. The van der Waals surface area contributed by atoms with E-state index in [0.717, 1.165) is 16.2 Å². The van der Waals surface area contributed by atoms with Crippen LogP contribution in [0.25, 0.3) is 21.5 Å². The molecule has 0 spiro atoms. The molecule has 0 saturated carbocycles. The molecule has 0 fully saturated rings. The predicted molar refractivity (Wildman–Crippen MR) is 59.1 cm³/mol. The third kappa shape index (κ3) is 1.20. The minimum atomic E-state index is -0.218. The molecule has 0 amide bonds. The predicted octanol–water partition coefficient (Wildman–Crippen LogP) is 3.73. The van der Waals surface area contributed by atoms with Gasteiger partial charge in [0.25, 0.3) is 0 Å². The highest BCUT2D eigenvalue weighted by molar-refractivity contribution is 6.07. The lowest BCUT2D eigenvalue weighted by Crippen LogP contribution is -1.81. The highest BCUT2D eigenvalue weighted by Crippen LogP contribution is 2.26. The Morgan fingerprint density at radius 1 is 0.867 bits per heavy atom. The summed E-state index contributed by atoms with van der Waals surface area (Å²) in [6.45, 7) is 0. The molecule has 0 aliphatic heterocycles. The van der Waals surface area contributed by atoms with Crippen LogP contribution >= 0.6 is 0 Å². The van der Waals surface area contributed by atoms with Crippen molar-refractivity contribution < 1.29 is 4.39 Å². The summed E-state index contributed by atoms with van der Waals surface area (Å²) < 4.78 is 13.7. The number of hydrogen-bond acceptors (Lipinski definition) is 0. The van der Waals surface area contributed by atoms with Gasteiger partial charge in [-0.05, 0) is 46.5 Å². The molecule has 0 atom stereocenters. The Bertz CT molecular complexity index is 641. The van der Waals surface area contributed by atoms with E-state index in [2.05, 4.69) is 12.1 Å². The van der Waals surface area contributed by atoms with Crippen LogP contribution in [-0.4, -0.2) is 0 Å². The van der Waals surface area contributed by atoms with Crippen LogP contribution in [0.5, 0.6) is 0 Å². The fraction of sp³-hybridized carbons (Fsp3) is 0. The second-order valence-corrected chi connectivity index (χ2v) is 3.48. The van der Waals surface area contributed by atoms with Gasteiger partial charge in [0.2, 0.25) is 0 Å². The molecule has 0 saturated heterocycles. The molecule has 0 N–H and O–H groups in total. The smallest absolute Gasteiger partial charge is 0.132 e. The topological polar surface area (TPSA) is 0 Å². The fourth-order valence-corrected chi connectivity index (χ4v) is 1.89. The first-order valence-electron chi connectivity index (χ1n) is 4.74. The molecule has 0 aliphatic rings. The third-order valence-electron chi connectivity index (χ3n) is 2.58. The molecule has 2 radical (unpaired) electrons. The Labute approximate surface area is 87.0 Å². The lowest BCUT2D eigenvalue weighted by atomic mass is 10.0. The number of benzene rings is 3. The maximum atomic E-state index is 13.7. The van der Waals surface area contributed by atoms with Gasteiger partial charge in [-0.25, -0.2) is 4.39 Å². The van der Waals surface area contributed by atoms with E-state index in [1.54, 1.807) is 12.1 Å². The van der Waals surface area contributed by atoms with E-state index < -0.39 is 0 Å². The summed E-state index contributed by atoms with van der Waals surface area (Å²) in [5, 5.41) is 3.49. The molecule has 0 nitrogen and oxygen atoms in total. The molecule has 0 aromatic heterocycles. The SMILES string of the molecule is Fc1c[c]cc2ccc3c[c]ccc3c12. The molecular weight excluding hydrogens is 187 g/mol. The molecule has 0 heterocycles. The molecular formula is C14H7F. The molecule has 70 valence electrons. The molecule has 3 aromatic rings. The minimum absolute atomic E-state index is 0.218. The van der Waals surface area contributed by atoms with Crippen molar-refractivity contribution in [2.75, 3.05) is 0 Å². The first-order chi connectivity index (χ1) is 7.36. The van der Waals surface area contributed by atoms with Gasteiger partial charge in [0.15, 0.2) is 0 Å². The molecule has 0 aliphatic carbocycles. The Balaban J connectivity index is 2.64. The van der Waals surface area contributed by atoms with Crippen LogP contribution in [0, 0.1) is 17.9 Å². The first-order valence-corrected chi connectivity index (χ1v) is 4.74. The molecule has 0 unspecified atom stereocenters. The number of fused-ring (bicyclic) bond motifs is 3. The van der Waals surface area contributed by atoms with Crippen LogP contribution < -0.4 is 0 Å². The summed E-state index contributed by atoms with van der Waals surface area (Å²) in [6.07, 6.45) is 0. The van der Waals surface area contributed by atoms with Crippen molar-refractivity contribution in [3.05, 3.63) is 60.4 Å². The van der Waals surface area contributed by atoms with Gasteiger partial charge in [0.1, 0.15) is 5.82 Å². The van der Waals surface area contributed by atoms with E-state index in [-0.39, 0.29) is 5.82 Å². The van der Waals surface area contributed by atoms with E-state index >= 15 is 0 Å². The quantitative estimate of drug-likeness (QED) is 0.478. The molecule has 0 bridgehead atoms. The van der Waals surface area contributed by atoms with Crippen molar-refractivity contribution in [1.29, 1.82) is 0 Å². The van der Waals surface area contributed by atoms with Gasteiger partial charge < -0.3 is 0 Å². The van der Waals surface area contributed by atoms with E-state index in [0.29, 0.717) is 5.39 Å². The van der Waals surface area contributed by atoms with Crippen LogP contribution in [0.3, 0.4) is 0 Å². The minimum Gasteiger partial charge on any atom is -0.206 e. The summed E-state index contributed by atoms with van der Waals surface area (Å²) in [4.78, 5) is 0. The van der Waals surface area contributed by atoms with E-state index in [1.165, 1.54) is 6.07 Å². The lowest BCUT2D eigenvalue weighted by Gasteiger charge is -2.03. The average Bonchev–Trinajstić information content (AvgIpc) is 2.29. The second-order valence-electron chi connectivity index (χ2n) is 3.48. The van der Waals surface area contributed by atoms with Crippen LogP contribution in [0.15, 0.2) is 42.5 Å². The number of hydrogen-bond donors (Lipinski definition) is 0. The molecule has 1 heteroatoms. The second kappa shape index (κ2) is 3.06. The molecule has 15 heavy (non-hydrogen) atoms. The van der Waals surface area contributed by atoms with Crippen LogP contribution in [-0.2, 0) is 0 Å². The summed E-state index contributed by atoms with van der Waals surface area (Å²) in [7, 11) is 0. The summed E-state index contributed by atoms with van der Waals surface area (Å²) in [6, 6.07) is 18.4. The van der Waals surface area contributed by atoms with E-state index in [1.807, 2.05) is 24.3 Å². The van der Waals surface area contributed by atoms with E-state index in [9.17, 15) is 4.39 Å². The maximum Gasteiger partial charge on any atom is 0.132 e. The number of halogens is 1. The monoisotopic (exact) mass is 194 g/mol. The fourth-order valence-electron chi connectivity index (χ4n) is 1.89. The third-order valence-corrected chi connectivity index (χ3v) is 2.58. The van der Waals surface area contributed by atoms with Gasteiger partial charge in [-0.3, -0.25) is 0 Å². The Kier molecular flexibility index (Phi) is 1.72. The van der Waals surface area contributed by atoms with Gasteiger partial charge in [0, 0.05) is 5.39 Å². The van der Waals surface area contributed by atoms with Crippen molar-refractivity contribution >= 4 is 21.5 Å². The summed E-state index contributed by atoms with van der Waals surface area (Å²) in [5.41, 5.74) is 0. The largest absolute Gasteiger partial charge is 0.206 e. The Morgan fingerprint density at radius 3 is 2.60 bits per heavy atom. The zero-order chi connectivity index (χ0) is 10.3. The highest BCUT2D eigenvalue weighted by Gasteiger charge is 2.04. The van der Waals surface area contributed by atoms with Gasteiger partial charge in [-0.15, -0.1) is 0 Å². The summed E-state index contributed by atoms with van der Waals surface area (Å²) >= 11 is 0. The van der Waals surface area contributed by atoms with Crippen molar-refractivity contribution in [2.24, 2.45) is 0 Å². The van der Waals surface area contributed by atoms with Gasteiger partial charge >= 0.3 is 0 Å². The zero-order valence-electron chi connectivity index (χ0n) is 7.92. The van der Waals surface area contributed by atoms with Gasteiger partial charge in [-0.1, -0.05) is 24.3 Å². The normalized spacial score (nSPS) is 11.0. The highest BCUT2D eigenvalue weighted by atomic mass is 19.1. The van der Waals surface area contributed by atoms with Gasteiger partial charge in [0.05, 0.1) is 0 Å². The van der Waals surface area contributed by atoms with Crippen molar-refractivity contribution in [3.63, 3.8) is 0 Å². The summed E-state index contributed by atoms with van der Waals surface area (Å²) in [5.74, 6) is -0.218. The maximum absolute atomic E-state index is 13.7. The van der Waals surface area contributed by atoms with Crippen molar-refractivity contribution in [1.82, 2.24) is 0 Å². The molecule has 3 aromatic carbocycles. The van der Waals surface area contributed by atoms with Crippen LogP contribution in [0.4, 0.5) is 4.39 Å². The van der Waals surface area contributed by atoms with Crippen molar-refractivity contribution in [2.45, 2.75) is 0 Å². The van der Waals surface area contributed by atoms with Gasteiger partial charge in [-0.2, -0.15) is 0 Å². The number of rotatable bonds is 0. The Hall–Kier alpha value is -1.89. The average molecular weight is 194 g/mol. The van der Waals surface area contributed by atoms with Crippen LogP contribution in [0.1, 0.15) is 0 Å². The Morgan fingerprint density at radius 2 is 1.67 bits per heavy atom.